The van der Waals surface area contributed by atoms with Gasteiger partial charge in [0.2, 0.25) is 15.9 Å². The highest BCUT2D eigenvalue weighted by Crippen LogP contribution is 2.20. The van der Waals surface area contributed by atoms with Gasteiger partial charge in [0.05, 0.1) is 5.56 Å². The molecule has 0 bridgehead atoms. The highest BCUT2D eigenvalue weighted by molar-refractivity contribution is 7.89. The van der Waals surface area contributed by atoms with Gasteiger partial charge in [0.15, 0.2) is 0 Å². The molecule has 9 heteroatoms. The van der Waals surface area contributed by atoms with E-state index >= 15 is 0 Å². The van der Waals surface area contributed by atoms with E-state index in [4.69, 9.17) is 27.7 Å². The first-order valence-corrected chi connectivity index (χ1v) is 6.80. The maximum atomic E-state index is 11.9. The van der Waals surface area contributed by atoms with Gasteiger partial charge in [-0.2, -0.15) is 5.26 Å². The van der Waals surface area contributed by atoms with E-state index in [2.05, 4.69) is 0 Å². The van der Waals surface area contributed by atoms with Gasteiger partial charge >= 0.3 is 0 Å². The number of hydrogen-bond donors (Lipinski definition) is 3. The first-order chi connectivity index (χ1) is 8.77. The van der Waals surface area contributed by atoms with Crippen LogP contribution in [-0.4, -0.2) is 32.1 Å². The fourth-order valence-corrected chi connectivity index (χ4v) is 2.63. The number of carbonyl (C=O) groups is 1. The van der Waals surface area contributed by atoms with Crippen LogP contribution >= 0.6 is 11.6 Å². The number of amides is 1. The molecule has 4 N–H and O–H groups in total. The van der Waals surface area contributed by atoms with Crippen LogP contribution in [0.2, 0.25) is 5.02 Å². The Kier molecular flexibility index (Phi) is 4.85. The van der Waals surface area contributed by atoms with Crippen molar-refractivity contribution in [2.24, 2.45) is 5.73 Å². The van der Waals surface area contributed by atoms with E-state index < -0.39 is 28.6 Å². The Morgan fingerprint density at radius 2 is 2.21 bits per heavy atom. The first kappa shape index (κ1) is 15.4. The molecular formula is C10H10ClN3O4S. The first-order valence-electron chi connectivity index (χ1n) is 4.94. The molecule has 0 heterocycles. The molecule has 0 spiro atoms. The average molecular weight is 304 g/mol. The molecule has 0 fully saturated rings. The minimum absolute atomic E-state index is 0.106. The number of aliphatic hydroxyl groups is 1. The number of benzene rings is 1. The fraction of sp³-hybridized carbons (Fsp3) is 0.200. The molecule has 7 nitrogen and oxygen atoms in total. The lowest BCUT2D eigenvalue weighted by molar-refractivity contribution is -0.125. The van der Waals surface area contributed by atoms with Crippen molar-refractivity contribution in [3.63, 3.8) is 0 Å². The molecule has 0 aliphatic rings. The molecule has 0 saturated heterocycles. The summed E-state index contributed by atoms with van der Waals surface area (Å²) in [6.07, 6.45) is -1.65. The zero-order chi connectivity index (χ0) is 14.6. The zero-order valence-corrected chi connectivity index (χ0v) is 11.1. The second-order valence-electron chi connectivity index (χ2n) is 3.52. The van der Waals surface area contributed by atoms with Gasteiger partial charge in [0, 0.05) is 11.6 Å². The minimum Gasteiger partial charge on any atom is -0.382 e. The summed E-state index contributed by atoms with van der Waals surface area (Å²) in [6, 6.07) is 5.43. The topological polar surface area (TPSA) is 133 Å². The van der Waals surface area contributed by atoms with Crippen molar-refractivity contribution in [1.29, 1.82) is 5.26 Å². The number of sulfonamides is 1. The van der Waals surface area contributed by atoms with Gasteiger partial charge < -0.3 is 10.8 Å². The summed E-state index contributed by atoms with van der Waals surface area (Å²) < 4.78 is 25.8. The molecule has 0 aliphatic carbocycles. The number of primary amides is 1. The van der Waals surface area contributed by atoms with Crippen LogP contribution < -0.4 is 10.5 Å². The SMILES string of the molecule is N#Cc1ccc(Cl)cc1S(=O)(=O)NCC(O)C(N)=O. The summed E-state index contributed by atoms with van der Waals surface area (Å²) in [5, 5.41) is 18.1. The Morgan fingerprint density at radius 1 is 1.58 bits per heavy atom. The fourth-order valence-electron chi connectivity index (χ4n) is 1.18. The Labute approximate surface area is 114 Å². The lowest BCUT2D eigenvalue weighted by atomic mass is 10.2. The van der Waals surface area contributed by atoms with Crippen molar-refractivity contribution >= 4 is 27.5 Å². The number of carbonyl (C=O) groups excluding carboxylic acids is 1. The van der Waals surface area contributed by atoms with Crippen LogP contribution in [-0.2, 0) is 14.8 Å². The van der Waals surface area contributed by atoms with Gasteiger partial charge in [0.1, 0.15) is 17.1 Å². The average Bonchev–Trinajstić information content (AvgIpc) is 2.35. The predicted octanol–water partition coefficient (Wildman–Crippen LogP) is -0.664. The molecule has 0 aliphatic heterocycles. The van der Waals surface area contributed by atoms with Crippen molar-refractivity contribution in [2.75, 3.05) is 6.54 Å². The van der Waals surface area contributed by atoms with E-state index in [0.29, 0.717) is 0 Å². The number of nitrogens with two attached hydrogens (primary N) is 1. The van der Waals surface area contributed by atoms with Crippen LogP contribution in [0.4, 0.5) is 0 Å². The maximum Gasteiger partial charge on any atom is 0.247 e. The number of halogens is 1. The molecule has 19 heavy (non-hydrogen) atoms. The van der Waals surface area contributed by atoms with E-state index in [9.17, 15) is 13.2 Å². The van der Waals surface area contributed by atoms with Crippen LogP contribution in [0.3, 0.4) is 0 Å². The molecule has 102 valence electrons. The van der Waals surface area contributed by atoms with Gasteiger partial charge in [0.25, 0.3) is 0 Å². The standard InChI is InChI=1S/C10H10ClN3O4S/c11-7-2-1-6(4-12)9(3-7)19(17,18)14-5-8(15)10(13)16/h1-3,8,14-15H,5H2,(H2,13,16). The highest BCUT2D eigenvalue weighted by atomic mass is 35.5. The van der Waals surface area contributed by atoms with Crippen molar-refractivity contribution in [3.05, 3.63) is 28.8 Å². The minimum atomic E-state index is -4.08. The van der Waals surface area contributed by atoms with Crippen LogP contribution in [0.15, 0.2) is 23.1 Å². The van der Waals surface area contributed by atoms with Crippen molar-refractivity contribution in [3.8, 4) is 6.07 Å². The van der Waals surface area contributed by atoms with Crippen molar-refractivity contribution < 1.29 is 18.3 Å². The lowest BCUT2D eigenvalue weighted by Gasteiger charge is -2.10. The second-order valence-corrected chi connectivity index (χ2v) is 5.69. The summed E-state index contributed by atoms with van der Waals surface area (Å²) in [4.78, 5) is 10.3. The summed E-state index contributed by atoms with van der Waals surface area (Å²) >= 11 is 5.67. The van der Waals surface area contributed by atoms with Gasteiger partial charge in [-0.15, -0.1) is 0 Å². The Morgan fingerprint density at radius 3 is 2.74 bits per heavy atom. The van der Waals surface area contributed by atoms with Crippen LogP contribution in [0.25, 0.3) is 0 Å². The third-order valence-corrected chi connectivity index (χ3v) is 3.85. The Bertz CT molecular complexity index is 639. The van der Waals surface area contributed by atoms with Crippen molar-refractivity contribution in [1.82, 2.24) is 4.72 Å². The molecule has 1 aromatic rings. The summed E-state index contributed by atoms with van der Waals surface area (Å²) in [5.41, 5.74) is 4.68. The zero-order valence-electron chi connectivity index (χ0n) is 9.50. The number of nitrogens with zero attached hydrogens (tertiary/aromatic N) is 1. The van der Waals surface area contributed by atoms with Gasteiger partial charge in [-0.3, -0.25) is 4.79 Å². The third-order valence-electron chi connectivity index (χ3n) is 2.15. The number of hydrogen-bond acceptors (Lipinski definition) is 5. The molecule has 0 radical (unpaired) electrons. The lowest BCUT2D eigenvalue weighted by Crippen LogP contribution is -2.40. The number of nitriles is 1. The number of aliphatic hydroxyl groups excluding tert-OH is 1. The highest BCUT2D eigenvalue weighted by Gasteiger charge is 2.21. The van der Waals surface area contributed by atoms with Gasteiger partial charge in [-0.05, 0) is 18.2 Å². The number of nitrogens with one attached hydrogen (secondary N) is 1. The van der Waals surface area contributed by atoms with E-state index in [0.717, 1.165) is 6.07 Å². The summed E-state index contributed by atoms with van der Waals surface area (Å²) in [6.45, 7) is -0.588. The molecule has 1 aromatic carbocycles. The van der Waals surface area contributed by atoms with E-state index in [1.54, 1.807) is 6.07 Å². The molecule has 0 aromatic heterocycles. The Balaban J connectivity index is 3.05. The van der Waals surface area contributed by atoms with E-state index in [-0.39, 0.29) is 15.5 Å². The molecule has 1 atom stereocenters. The van der Waals surface area contributed by atoms with E-state index in [1.807, 2.05) is 4.72 Å². The van der Waals surface area contributed by atoms with Gasteiger partial charge in [-0.25, -0.2) is 13.1 Å². The van der Waals surface area contributed by atoms with Gasteiger partial charge in [-0.1, -0.05) is 11.6 Å². The molecule has 1 amide bonds. The van der Waals surface area contributed by atoms with Crippen LogP contribution in [0, 0.1) is 11.3 Å². The summed E-state index contributed by atoms with van der Waals surface area (Å²) in [7, 11) is -4.08. The second kappa shape index (κ2) is 5.99. The summed E-state index contributed by atoms with van der Waals surface area (Å²) in [5.74, 6) is -1.06. The van der Waals surface area contributed by atoms with E-state index in [1.165, 1.54) is 12.1 Å². The van der Waals surface area contributed by atoms with Crippen molar-refractivity contribution in [2.45, 2.75) is 11.0 Å². The molecular weight excluding hydrogens is 294 g/mol. The smallest absolute Gasteiger partial charge is 0.247 e. The normalized spacial score (nSPS) is 12.7. The predicted molar refractivity (Wildman–Crippen MR) is 66.6 cm³/mol. The number of rotatable bonds is 5. The monoisotopic (exact) mass is 303 g/mol. The van der Waals surface area contributed by atoms with Crippen LogP contribution in [0.5, 0.6) is 0 Å². The van der Waals surface area contributed by atoms with Crippen LogP contribution in [0.1, 0.15) is 5.56 Å². The maximum absolute atomic E-state index is 11.9. The quantitative estimate of drug-likeness (QED) is 0.663. The Hall–Kier alpha value is -1.66. The third kappa shape index (κ3) is 3.90. The largest absolute Gasteiger partial charge is 0.382 e. The molecule has 1 unspecified atom stereocenters. The molecule has 1 rings (SSSR count). The molecule has 0 saturated carbocycles.